The number of rotatable bonds is 2. The van der Waals surface area contributed by atoms with Crippen LogP contribution in [0.5, 0.6) is 5.75 Å². The molecular formula is C21H16Cl2N2O4. The van der Waals surface area contributed by atoms with Crippen LogP contribution in [0.1, 0.15) is 25.0 Å². The molecule has 1 fully saturated rings. The molecule has 0 spiro atoms. The molecule has 0 saturated carbocycles. The van der Waals surface area contributed by atoms with Crippen molar-refractivity contribution in [1.29, 1.82) is 0 Å². The molecule has 0 atom stereocenters. The van der Waals surface area contributed by atoms with Crippen molar-refractivity contribution in [3.05, 3.63) is 63.1 Å². The molecule has 2 aromatic carbocycles. The van der Waals surface area contributed by atoms with Gasteiger partial charge in [-0.3, -0.25) is 14.9 Å². The van der Waals surface area contributed by atoms with E-state index in [4.69, 9.17) is 27.9 Å². The summed E-state index contributed by atoms with van der Waals surface area (Å²) in [5.74, 6) is -0.716. The van der Waals surface area contributed by atoms with Crippen LogP contribution in [0.15, 0.2) is 42.0 Å². The number of nitrogens with one attached hydrogen (secondary N) is 1. The first-order valence-corrected chi connectivity index (χ1v) is 9.59. The molecule has 1 saturated heterocycles. The predicted molar refractivity (Wildman–Crippen MR) is 110 cm³/mol. The van der Waals surface area contributed by atoms with Gasteiger partial charge in [-0.1, -0.05) is 29.3 Å². The number of fused-ring (bicyclic) bond motifs is 1. The smallest absolute Gasteiger partial charge is 0.335 e. The maximum Gasteiger partial charge on any atom is 0.335 e. The molecule has 2 aliphatic heterocycles. The average molecular weight is 431 g/mol. The van der Waals surface area contributed by atoms with Gasteiger partial charge in [-0.2, -0.15) is 0 Å². The highest BCUT2D eigenvalue weighted by atomic mass is 35.5. The molecular weight excluding hydrogens is 415 g/mol. The van der Waals surface area contributed by atoms with E-state index in [0.717, 1.165) is 16.2 Å². The van der Waals surface area contributed by atoms with Crippen LogP contribution in [0.25, 0.3) is 6.08 Å². The minimum Gasteiger partial charge on any atom is -0.487 e. The lowest BCUT2D eigenvalue weighted by molar-refractivity contribution is -0.122. The number of halogens is 2. The summed E-state index contributed by atoms with van der Waals surface area (Å²) in [6.45, 7) is 3.98. The number of barbiturate groups is 1. The first-order chi connectivity index (χ1) is 13.6. The zero-order valence-corrected chi connectivity index (χ0v) is 17.1. The average Bonchev–Trinajstić information content (AvgIpc) is 2.94. The summed E-state index contributed by atoms with van der Waals surface area (Å²) in [6.07, 6.45) is 2.17. The Labute approximate surface area is 177 Å². The van der Waals surface area contributed by atoms with Crippen molar-refractivity contribution < 1.29 is 19.1 Å². The Kier molecular flexibility index (Phi) is 4.63. The van der Waals surface area contributed by atoms with E-state index in [1.165, 1.54) is 24.3 Å². The summed E-state index contributed by atoms with van der Waals surface area (Å²) >= 11 is 11.9. The van der Waals surface area contributed by atoms with Crippen LogP contribution in [0.3, 0.4) is 0 Å². The first kappa shape index (κ1) is 19.5. The number of amides is 4. The topological polar surface area (TPSA) is 75.7 Å². The van der Waals surface area contributed by atoms with Gasteiger partial charge in [0.2, 0.25) is 0 Å². The minimum absolute atomic E-state index is 0.159. The van der Waals surface area contributed by atoms with Crippen molar-refractivity contribution in [2.75, 3.05) is 4.90 Å². The van der Waals surface area contributed by atoms with Gasteiger partial charge in [-0.25, -0.2) is 9.69 Å². The number of hydrogen-bond acceptors (Lipinski definition) is 4. The second-order valence-electron chi connectivity index (χ2n) is 7.46. The third kappa shape index (κ3) is 3.61. The molecule has 2 aliphatic rings. The van der Waals surface area contributed by atoms with Crippen LogP contribution < -0.4 is 15.0 Å². The molecule has 0 aromatic heterocycles. The highest BCUT2D eigenvalue weighted by Gasteiger charge is 2.37. The van der Waals surface area contributed by atoms with Crippen LogP contribution in [0.2, 0.25) is 10.0 Å². The van der Waals surface area contributed by atoms with E-state index in [2.05, 4.69) is 5.32 Å². The van der Waals surface area contributed by atoms with Crippen LogP contribution in [-0.2, 0) is 16.0 Å². The fourth-order valence-electron chi connectivity index (χ4n) is 3.40. The number of benzene rings is 2. The molecule has 1 N–H and O–H groups in total. The molecule has 0 unspecified atom stereocenters. The van der Waals surface area contributed by atoms with E-state index in [0.29, 0.717) is 12.0 Å². The third-order valence-corrected chi connectivity index (χ3v) is 5.40. The SMILES string of the molecule is CC1(C)Cc2cc(/C=C3/C(=O)NC(=O)N(c4ccc(Cl)c(Cl)c4)C3=O)ccc2O1. The fourth-order valence-corrected chi connectivity index (χ4v) is 3.69. The zero-order chi connectivity index (χ0) is 20.9. The molecule has 2 aromatic rings. The highest BCUT2D eigenvalue weighted by molar-refractivity contribution is 6.43. The van der Waals surface area contributed by atoms with Crippen molar-refractivity contribution in [2.24, 2.45) is 0 Å². The van der Waals surface area contributed by atoms with Gasteiger partial charge in [0, 0.05) is 6.42 Å². The Hall–Kier alpha value is -2.83. The number of anilines is 1. The molecule has 6 nitrogen and oxygen atoms in total. The molecule has 8 heteroatoms. The standard InChI is InChI=1S/C21H16Cl2N2O4/c1-21(2)10-12-7-11(3-6-17(12)29-21)8-14-18(26)24-20(28)25(19(14)27)13-4-5-15(22)16(23)9-13/h3-9H,10H2,1-2H3,(H,24,26,28)/b14-8-. The monoisotopic (exact) mass is 430 g/mol. The summed E-state index contributed by atoms with van der Waals surface area (Å²) in [5, 5.41) is 2.66. The maximum atomic E-state index is 13.0. The zero-order valence-electron chi connectivity index (χ0n) is 15.6. The van der Waals surface area contributed by atoms with Gasteiger partial charge in [-0.05, 0) is 61.4 Å². The minimum atomic E-state index is -0.848. The third-order valence-electron chi connectivity index (χ3n) is 4.66. The lowest BCUT2D eigenvalue weighted by Gasteiger charge is -2.26. The van der Waals surface area contributed by atoms with Gasteiger partial charge < -0.3 is 4.74 Å². The predicted octanol–water partition coefficient (Wildman–Crippen LogP) is 4.37. The summed E-state index contributed by atoms with van der Waals surface area (Å²) in [4.78, 5) is 38.4. The Morgan fingerprint density at radius 1 is 1.07 bits per heavy atom. The molecule has 0 aliphatic carbocycles. The number of hydrogen-bond donors (Lipinski definition) is 1. The maximum absolute atomic E-state index is 13.0. The summed E-state index contributed by atoms with van der Waals surface area (Å²) in [6, 6.07) is 8.94. The highest BCUT2D eigenvalue weighted by Crippen LogP contribution is 2.36. The second-order valence-corrected chi connectivity index (χ2v) is 8.28. The normalized spacial score (nSPS) is 19.2. The van der Waals surface area contributed by atoms with Crippen LogP contribution in [0.4, 0.5) is 10.5 Å². The Morgan fingerprint density at radius 3 is 2.55 bits per heavy atom. The number of nitrogens with zero attached hydrogens (tertiary/aromatic N) is 1. The van der Waals surface area contributed by atoms with E-state index in [1.54, 1.807) is 6.07 Å². The summed E-state index contributed by atoms with van der Waals surface area (Å²) in [5.41, 5.74) is 1.40. The van der Waals surface area contributed by atoms with E-state index < -0.39 is 17.8 Å². The molecule has 148 valence electrons. The fraction of sp³-hybridized carbons (Fsp3) is 0.190. The number of ether oxygens (including phenoxy) is 1. The molecule has 29 heavy (non-hydrogen) atoms. The van der Waals surface area contributed by atoms with Crippen LogP contribution in [-0.4, -0.2) is 23.4 Å². The summed E-state index contributed by atoms with van der Waals surface area (Å²) < 4.78 is 5.85. The molecule has 2 heterocycles. The van der Waals surface area contributed by atoms with Crippen molar-refractivity contribution in [3.8, 4) is 5.75 Å². The number of carbonyl (C=O) groups excluding carboxylic acids is 3. The van der Waals surface area contributed by atoms with Crippen molar-refractivity contribution in [1.82, 2.24) is 5.32 Å². The van der Waals surface area contributed by atoms with E-state index >= 15 is 0 Å². The van der Waals surface area contributed by atoms with E-state index in [9.17, 15) is 14.4 Å². The van der Waals surface area contributed by atoms with Crippen molar-refractivity contribution in [3.63, 3.8) is 0 Å². The number of carbonyl (C=O) groups is 3. The quantitative estimate of drug-likeness (QED) is 0.566. The van der Waals surface area contributed by atoms with Crippen LogP contribution in [0, 0.1) is 0 Å². The Morgan fingerprint density at radius 2 is 1.83 bits per heavy atom. The van der Waals surface area contributed by atoms with Crippen LogP contribution >= 0.6 is 23.2 Å². The number of urea groups is 1. The van der Waals surface area contributed by atoms with Gasteiger partial charge in [0.25, 0.3) is 11.8 Å². The molecule has 0 radical (unpaired) electrons. The van der Waals surface area contributed by atoms with Gasteiger partial charge in [0.15, 0.2) is 0 Å². The Bertz CT molecular complexity index is 1110. The number of imide groups is 2. The largest absolute Gasteiger partial charge is 0.487 e. The first-order valence-electron chi connectivity index (χ1n) is 8.83. The van der Waals surface area contributed by atoms with Gasteiger partial charge in [-0.15, -0.1) is 0 Å². The molecule has 4 rings (SSSR count). The van der Waals surface area contributed by atoms with Gasteiger partial charge in [0.1, 0.15) is 16.9 Å². The van der Waals surface area contributed by atoms with Crippen molar-refractivity contribution >= 4 is 52.8 Å². The Balaban J connectivity index is 1.70. The van der Waals surface area contributed by atoms with E-state index in [1.807, 2.05) is 26.0 Å². The lowest BCUT2D eigenvalue weighted by Crippen LogP contribution is -2.54. The van der Waals surface area contributed by atoms with Gasteiger partial charge >= 0.3 is 6.03 Å². The molecule has 0 bridgehead atoms. The second kappa shape index (κ2) is 6.90. The molecule has 4 amide bonds. The lowest BCUT2D eigenvalue weighted by atomic mass is 9.99. The van der Waals surface area contributed by atoms with E-state index in [-0.39, 0.29) is 26.9 Å². The summed E-state index contributed by atoms with van der Waals surface area (Å²) in [7, 11) is 0. The van der Waals surface area contributed by atoms with Crippen molar-refractivity contribution in [2.45, 2.75) is 25.9 Å². The van der Waals surface area contributed by atoms with Gasteiger partial charge in [0.05, 0.1) is 15.7 Å².